The van der Waals surface area contributed by atoms with Gasteiger partial charge in [0.15, 0.2) is 0 Å². The lowest BCUT2D eigenvalue weighted by atomic mass is 9.65. The summed E-state index contributed by atoms with van der Waals surface area (Å²) in [5, 5.41) is 0.305. The second-order valence-corrected chi connectivity index (χ2v) is 12.3. The predicted molar refractivity (Wildman–Crippen MR) is 135 cm³/mol. The van der Waals surface area contributed by atoms with Crippen LogP contribution in [0.5, 0.6) is 0 Å². The molecule has 33 heavy (non-hydrogen) atoms. The lowest BCUT2D eigenvalue weighted by Gasteiger charge is -2.44. The molecule has 0 aromatic carbocycles. The molecule has 0 spiro atoms. The molecule has 1 heterocycles. The number of ether oxygens (including phenoxy) is 2. The van der Waals surface area contributed by atoms with E-state index in [-0.39, 0.29) is 30.1 Å². The van der Waals surface area contributed by atoms with Gasteiger partial charge in [-0.05, 0) is 69.3 Å². The summed E-state index contributed by atoms with van der Waals surface area (Å²) in [6.07, 6.45) is 11.6. The molecule has 0 radical (unpaired) electrons. The molecule has 0 amide bonds. The Morgan fingerprint density at radius 3 is 2.73 bits per heavy atom. The molecule has 3 aliphatic rings. The molecule has 0 aromatic heterocycles. The van der Waals surface area contributed by atoms with Crippen molar-refractivity contribution in [2.45, 2.75) is 90.6 Å². The van der Waals surface area contributed by atoms with E-state index in [0.717, 1.165) is 37.9 Å². The maximum absolute atomic E-state index is 13.0. The Balaban J connectivity index is 1.72. The van der Waals surface area contributed by atoms with E-state index in [2.05, 4.69) is 32.1 Å². The Hall–Kier alpha value is -1.27. The number of carbonyl (C=O) groups excluding carboxylic acids is 2. The van der Waals surface area contributed by atoms with Crippen LogP contribution in [0.4, 0.5) is 0 Å². The largest absolute Gasteiger partial charge is 0.462 e. The summed E-state index contributed by atoms with van der Waals surface area (Å²) >= 11 is 1.79. The van der Waals surface area contributed by atoms with Gasteiger partial charge in [0.25, 0.3) is 0 Å². The van der Waals surface area contributed by atoms with E-state index < -0.39 is 5.41 Å². The fourth-order valence-corrected chi connectivity index (χ4v) is 6.50. The van der Waals surface area contributed by atoms with Crippen LogP contribution >= 0.6 is 11.8 Å². The molecule has 1 saturated heterocycles. The Bertz CT molecular complexity index is 761. The van der Waals surface area contributed by atoms with Gasteiger partial charge in [-0.1, -0.05) is 39.0 Å². The first-order chi connectivity index (χ1) is 15.6. The molecule has 0 bridgehead atoms. The molecule has 3 rings (SSSR count). The van der Waals surface area contributed by atoms with Crippen molar-refractivity contribution in [1.82, 2.24) is 0 Å². The van der Waals surface area contributed by atoms with E-state index in [1.54, 1.807) is 11.8 Å². The fraction of sp³-hybridized carbons (Fsp3) is 0.778. The summed E-state index contributed by atoms with van der Waals surface area (Å²) in [7, 11) is 0. The van der Waals surface area contributed by atoms with Gasteiger partial charge in [0.2, 0.25) is 0 Å². The highest BCUT2D eigenvalue weighted by Crippen LogP contribution is 2.46. The monoisotopic (exact) mass is 477 g/mol. The number of esters is 2. The molecule has 2 N–H and O–H groups in total. The summed E-state index contributed by atoms with van der Waals surface area (Å²) in [6.45, 7) is 11.1. The minimum atomic E-state index is -0.470. The first-order valence-corrected chi connectivity index (χ1v) is 13.8. The first kappa shape index (κ1) is 26.3. The zero-order valence-corrected chi connectivity index (χ0v) is 21.9. The number of hydrogen-bond acceptors (Lipinski definition) is 6. The molecule has 7 atom stereocenters. The Morgan fingerprint density at radius 1 is 1.27 bits per heavy atom. The van der Waals surface area contributed by atoms with Crippen molar-refractivity contribution >= 4 is 23.7 Å². The van der Waals surface area contributed by atoms with Gasteiger partial charge in [-0.3, -0.25) is 9.59 Å². The summed E-state index contributed by atoms with van der Waals surface area (Å²) < 4.78 is 11.9. The van der Waals surface area contributed by atoms with Crippen molar-refractivity contribution in [1.29, 1.82) is 0 Å². The van der Waals surface area contributed by atoms with Crippen molar-refractivity contribution in [3.63, 3.8) is 0 Å². The molecule has 6 heteroatoms. The Labute approximate surface area is 204 Å². The van der Waals surface area contributed by atoms with Crippen molar-refractivity contribution < 1.29 is 19.1 Å². The molecule has 0 saturated carbocycles. The lowest BCUT2D eigenvalue weighted by Crippen LogP contribution is -2.43. The summed E-state index contributed by atoms with van der Waals surface area (Å²) in [4.78, 5) is 25.1. The van der Waals surface area contributed by atoms with E-state index in [0.29, 0.717) is 36.0 Å². The average Bonchev–Trinajstić information content (AvgIpc) is 2.76. The maximum Gasteiger partial charge on any atom is 0.311 e. The van der Waals surface area contributed by atoms with Crippen LogP contribution in [-0.4, -0.2) is 41.7 Å². The van der Waals surface area contributed by atoms with Gasteiger partial charge < -0.3 is 15.2 Å². The molecule has 1 fully saturated rings. The van der Waals surface area contributed by atoms with Crippen molar-refractivity contribution in [2.24, 2.45) is 34.8 Å². The van der Waals surface area contributed by atoms with Gasteiger partial charge >= 0.3 is 11.9 Å². The van der Waals surface area contributed by atoms with Crippen LogP contribution < -0.4 is 5.73 Å². The van der Waals surface area contributed by atoms with E-state index in [1.807, 2.05) is 20.8 Å². The van der Waals surface area contributed by atoms with Crippen LogP contribution in [0.3, 0.4) is 0 Å². The molecule has 1 aliphatic heterocycles. The smallest absolute Gasteiger partial charge is 0.311 e. The van der Waals surface area contributed by atoms with Crippen molar-refractivity contribution in [3.8, 4) is 0 Å². The number of fused-ring (bicyclic) bond motifs is 1. The zero-order chi connectivity index (χ0) is 24.2. The number of allylic oxidation sites excluding steroid dienone is 3. The predicted octanol–water partition coefficient (Wildman–Crippen LogP) is 5.29. The highest BCUT2D eigenvalue weighted by Gasteiger charge is 2.43. The highest BCUT2D eigenvalue weighted by molar-refractivity contribution is 7.99. The van der Waals surface area contributed by atoms with Crippen LogP contribution in [-0.2, 0) is 19.1 Å². The number of nitrogens with two attached hydrogens (primary N) is 1. The quantitative estimate of drug-likeness (QED) is 0.455. The topological polar surface area (TPSA) is 78.6 Å². The van der Waals surface area contributed by atoms with E-state index in [9.17, 15) is 9.59 Å². The fourth-order valence-electron chi connectivity index (χ4n) is 5.42. The number of carbonyl (C=O) groups is 2. The van der Waals surface area contributed by atoms with Gasteiger partial charge in [0.1, 0.15) is 12.2 Å². The second-order valence-electron chi connectivity index (χ2n) is 10.9. The average molecular weight is 478 g/mol. The van der Waals surface area contributed by atoms with Gasteiger partial charge in [-0.2, -0.15) is 11.8 Å². The zero-order valence-electron chi connectivity index (χ0n) is 21.0. The van der Waals surface area contributed by atoms with E-state index in [1.165, 1.54) is 5.57 Å². The Kier molecular flexibility index (Phi) is 9.13. The van der Waals surface area contributed by atoms with Crippen LogP contribution in [0.1, 0.15) is 73.1 Å². The van der Waals surface area contributed by atoms with Gasteiger partial charge in [-0.15, -0.1) is 0 Å². The maximum atomic E-state index is 13.0. The van der Waals surface area contributed by atoms with Crippen LogP contribution in [0.2, 0.25) is 0 Å². The third-order valence-electron chi connectivity index (χ3n) is 7.80. The number of rotatable bonds is 9. The third kappa shape index (κ3) is 6.66. The van der Waals surface area contributed by atoms with Gasteiger partial charge in [0.05, 0.1) is 11.8 Å². The van der Waals surface area contributed by atoms with E-state index in [4.69, 9.17) is 15.2 Å². The van der Waals surface area contributed by atoms with Crippen LogP contribution in [0.25, 0.3) is 0 Å². The third-order valence-corrected chi connectivity index (χ3v) is 9.10. The molecule has 2 aliphatic carbocycles. The highest BCUT2D eigenvalue weighted by atomic mass is 32.2. The molecule has 1 unspecified atom stereocenters. The minimum Gasteiger partial charge on any atom is -0.462 e. The normalized spacial score (nSPS) is 34.3. The Morgan fingerprint density at radius 2 is 2.03 bits per heavy atom. The van der Waals surface area contributed by atoms with E-state index >= 15 is 0 Å². The van der Waals surface area contributed by atoms with Gasteiger partial charge in [-0.25, -0.2) is 0 Å². The number of thioether (sulfide) groups is 1. The summed E-state index contributed by atoms with van der Waals surface area (Å²) in [5.74, 6) is 2.06. The summed E-state index contributed by atoms with van der Waals surface area (Å²) in [5.41, 5.74) is 6.49. The van der Waals surface area contributed by atoms with Crippen LogP contribution in [0, 0.1) is 29.1 Å². The molecule has 0 aromatic rings. The molecule has 186 valence electrons. The minimum absolute atomic E-state index is 0.0328. The van der Waals surface area contributed by atoms with Crippen molar-refractivity contribution in [2.75, 3.05) is 12.3 Å². The molecule has 5 nitrogen and oxygen atoms in total. The van der Waals surface area contributed by atoms with Crippen molar-refractivity contribution in [3.05, 3.63) is 23.8 Å². The molecular formula is C27H43NO4S. The lowest BCUT2D eigenvalue weighted by molar-refractivity contribution is -0.165. The second kappa shape index (κ2) is 11.4. The van der Waals surface area contributed by atoms with Crippen LogP contribution in [0.15, 0.2) is 23.8 Å². The number of hydrogen-bond donors (Lipinski definition) is 1. The molecular weight excluding hydrogens is 434 g/mol. The standard InChI is InChI=1S/C27H43NO4S/c1-6-27(4,5)26(30)32-23-14-17(2)13-19-8-7-18(3)22(25(19)23)10-9-20-15-21(33-12-11-28)16-24(29)31-20/h7-8,13,17-18,20-23,25H,6,9-12,14-16,28H2,1-5H3/t17-,18-,20+,21?,22-,23-,25-/m0/s1. The van der Waals surface area contributed by atoms with Gasteiger partial charge in [0, 0.05) is 23.5 Å². The first-order valence-electron chi connectivity index (χ1n) is 12.8. The SMILES string of the molecule is CCC(C)(C)C(=O)O[C@H]1C[C@@H](C)C=C2C=C[C@H](C)[C@H](CC[C@@H]3CC(SCCN)CC(=O)O3)[C@H]21. The number of cyclic esters (lactones) is 1. The summed E-state index contributed by atoms with van der Waals surface area (Å²) in [6, 6.07) is 0.